The number of amides is 3. The maximum atomic E-state index is 11.7. The van der Waals surface area contributed by atoms with Gasteiger partial charge in [0, 0.05) is 14.7 Å². The van der Waals surface area contributed by atoms with Gasteiger partial charge in [0.15, 0.2) is 0 Å². The summed E-state index contributed by atoms with van der Waals surface area (Å²) in [4.78, 5) is 34.7. The molecule has 0 aliphatic carbocycles. The maximum Gasteiger partial charge on any atom is 0.327 e. The quantitative estimate of drug-likeness (QED) is 0.380. The predicted octanol–water partition coefficient (Wildman–Crippen LogP) is 0.967. The van der Waals surface area contributed by atoms with Gasteiger partial charge in [-0.1, -0.05) is 6.07 Å². The van der Waals surface area contributed by atoms with Crippen molar-refractivity contribution in [2.45, 2.75) is 26.3 Å². The molecule has 0 radical (unpaired) electrons. The minimum Gasteiger partial charge on any atom is -0.343 e. The van der Waals surface area contributed by atoms with E-state index < -0.39 is 23.3 Å². The normalized spacial score (nSPS) is 10.6. The van der Waals surface area contributed by atoms with Gasteiger partial charge in [-0.15, -0.1) is 0 Å². The standard InChI is InChI=1S/C13H16IN3O3/c1-13(2,3)15-11(19)12(20)17-16-10(18)8-5-4-6-9(14)7-8/h4-7H,1-3H3,(H,15,19)(H,16,18)(H,17,20). The average molecular weight is 389 g/mol. The molecule has 0 aliphatic rings. The molecule has 0 saturated carbocycles. The van der Waals surface area contributed by atoms with Gasteiger partial charge in [0.1, 0.15) is 0 Å². The summed E-state index contributed by atoms with van der Waals surface area (Å²) < 4.78 is 0.895. The first-order chi connectivity index (χ1) is 9.19. The second-order valence-corrected chi connectivity index (χ2v) is 6.37. The van der Waals surface area contributed by atoms with Crippen molar-refractivity contribution in [3.63, 3.8) is 0 Å². The highest BCUT2D eigenvalue weighted by Crippen LogP contribution is 2.07. The Morgan fingerprint density at radius 2 is 1.70 bits per heavy atom. The number of hydrazine groups is 1. The van der Waals surface area contributed by atoms with Crippen LogP contribution in [-0.2, 0) is 9.59 Å². The summed E-state index contributed by atoms with van der Waals surface area (Å²) in [7, 11) is 0. The Morgan fingerprint density at radius 3 is 2.25 bits per heavy atom. The molecule has 6 nitrogen and oxygen atoms in total. The molecule has 0 aromatic heterocycles. The van der Waals surface area contributed by atoms with Crippen molar-refractivity contribution in [2.75, 3.05) is 0 Å². The molecule has 0 fully saturated rings. The lowest BCUT2D eigenvalue weighted by molar-refractivity contribution is -0.140. The Morgan fingerprint density at radius 1 is 1.05 bits per heavy atom. The van der Waals surface area contributed by atoms with Crippen molar-refractivity contribution in [3.8, 4) is 0 Å². The molecule has 0 spiro atoms. The minimum absolute atomic E-state index is 0.397. The first kappa shape index (κ1) is 16.4. The van der Waals surface area contributed by atoms with Crippen LogP contribution in [0.3, 0.4) is 0 Å². The molecule has 0 saturated heterocycles. The lowest BCUT2D eigenvalue weighted by Crippen LogP contribution is -2.52. The summed E-state index contributed by atoms with van der Waals surface area (Å²) in [5, 5.41) is 2.49. The molecule has 0 atom stereocenters. The van der Waals surface area contributed by atoms with Gasteiger partial charge in [0.2, 0.25) is 0 Å². The lowest BCUT2D eigenvalue weighted by atomic mass is 10.1. The molecule has 3 amide bonds. The molecule has 1 aromatic carbocycles. The van der Waals surface area contributed by atoms with Crippen LogP contribution in [0, 0.1) is 3.57 Å². The second kappa shape index (κ2) is 6.69. The number of hydrogen-bond donors (Lipinski definition) is 3. The van der Waals surface area contributed by atoms with Gasteiger partial charge in [-0.2, -0.15) is 0 Å². The number of carbonyl (C=O) groups excluding carboxylic acids is 3. The largest absolute Gasteiger partial charge is 0.343 e. The molecule has 0 unspecified atom stereocenters. The van der Waals surface area contributed by atoms with E-state index in [1.807, 2.05) is 6.07 Å². The van der Waals surface area contributed by atoms with E-state index in [-0.39, 0.29) is 0 Å². The number of benzene rings is 1. The number of hydrogen-bond acceptors (Lipinski definition) is 3. The van der Waals surface area contributed by atoms with E-state index in [9.17, 15) is 14.4 Å². The number of nitrogens with one attached hydrogen (secondary N) is 3. The smallest absolute Gasteiger partial charge is 0.327 e. The summed E-state index contributed by atoms with van der Waals surface area (Å²) in [6, 6.07) is 6.84. The number of halogens is 1. The van der Waals surface area contributed by atoms with E-state index in [2.05, 4.69) is 38.8 Å². The van der Waals surface area contributed by atoms with Crippen molar-refractivity contribution in [1.82, 2.24) is 16.2 Å². The summed E-state index contributed by atoms with van der Waals surface area (Å²) >= 11 is 2.07. The zero-order chi connectivity index (χ0) is 15.3. The summed E-state index contributed by atoms with van der Waals surface area (Å²) in [6.07, 6.45) is 0. The van der Waals surface area contributed by atoms with Crippen LogP contribution in [0.1, 0.15) is 31.1 Å². The van der Waals surface area contributed by atoms with Crippen LogP contribution in [0.2, 0.25) is 0 Å². The Bertz CT molecular complexity index is 538. The first-order valence-corrected chi connectivity index (χ1v) is 6.95. The third kappa shape index (κ3) is 5.55. The van der Waals surface area contributed by atoms with Crippen LogP contribution < -0.4 is 16.2 Å². The second-order valence-electron chi connectivity index (χ2n) is 5.12. The fourth-order valence-electron chi connectivity index (χ4n) is 1.27. The Hall–Kier alpha value is -1.64. The SMILES string of the molecule is CC(C)(C)NC(=O)C(=O)NNC(=O)c1cccc(I)c1. The molecular weight excluding hydrogens is 373 g/mol. The third-order valence-electron chi connectivity index (χ3n) is 2.07. The summed E-state index contributed by atoms with van der Waals surface area (Å²) in [5.41, 5.74) is 4.14. The van der Waals surface area contributed by atoms with E-state index >= 15 is 0 Å². The molecule has 3 N–H and O–H groups in total. The fourth-order valence-corrected chi connectivity index (χ4v) is 1.81. The van der Waals surface area contributed by atoms with Gasteiger partial charge in [0.05, 0.1) is 0 Å². The van der Waals surface area contributed by atoms with Crippen molar-refractivity contribution < 1.29 is 14.4 Å². The van der Waals surface area contributed by atoms with E-state index in [1.54, 1.807) is 39.0 Å². The summed E-state index contributed by atoms with van der Waals surface area (Å²) in [6.45, 7) is 5.26. The number of rotatable bonds is 1. The molecule has 20 heavy (non-hydrogen) atoms. The van der Waals surface area contributed by atoms with Crippen LogP contribution in [0.4, 0.5) is 0 Å². The van der Waals surface area contributed by atoms with Crippen molar-refractivity contribution in [2.24, 2.45) is 0 Å². The highest BCUT2D eigenvalue weighted by molar-refractivity contribution is 14.1. The van der Waals surface area contributed by atoms with Crippen molar-refractivity contribution in [3.05, 3.63) is 33.4 Å². The zero-order valence-corrected chi connectivity index (χ0v) is 13.6. The Balaban J connectivity index is 2.53. The summed E-state index contributed by atoms with van der Waals surface area (Å²) in [5.74, 6) is -2.21. The van der Waals surface area contributed by atoms with Crippen LogP contribution in [0.5, 0.6) is 0 Å². The molecule has 0 heterocycles. The van der Waals surface area contributed by atoms with Gasteiger partial charge in [-0.3, -0.25) is 25.2 Å². The topological polar surface area (TPSA) is 87.3 Å². The Labute approximate surface area is 130 Å². The molecule has 1 aromatic rings. The highest BCUT2D eigenvalue weighted by atomic mass is 127. The molecule has 0 aliphatic heterocycles. The predicted molar refractivity (Wildman–Crippen MR) is 82.7 cm³/mol. The minimum atomic E-state index is -0.918. The van der Waals surface area contributed by atoms with Crippen LogP contribution in [0.15, 0.2) is 24.3 Å². The van der Waals surface area contributed by atoms with Crippen LogP contribution in [-0.4, -0.2) is 23.3 Å². The fraction of sp³-hybridized carbons (Fsp3) is 0.308. The molecule has 7 heteroatoms. The van der Waals surface area contributed by atoms with Crippen LogP contribution in [0.25, 0.3) is 0 Å². The van der Waals surface area contributed by atoms with Crippen LogP contribution >= 0.6 is 22.6 Å². The monoisotopic (exact) mass is 389 g/mol. The molecule has 108 valence electrons. The molecule has 0 bridgehead atoms. The first-order valence-electron chi connectivity index (χ1n) is 5.87. The van der Waals surface area contributed by atoms with Gasteiger partial charge in [-0.25, -0.2) is 0 Å². The van der Waals surface area contributed by atoms with E-state index in [0.29, 0.717) is 5.56 Å². The zero-order valence-electron chi connectivity index (χ0n) is 11.4. The average Bonchev–Trinajstić information content (AvgIpc) is 2.33. The Kier molecular flexibility index (Phi) is 5.49. The van der Waals surface area contributed by atoms with Gasteiger partial charge >= 0.3 is 11.8 Å². The van der Waals surface area contributed by atoms with E-state index in [0.717, 1.165) is 3.57 Å². The van der Waals surface area contributed by atoms with E-state index in [4.69, 9.17) is 0 Å². The molecular formula is C13H16IN3O3. The maximum absolute atomic E-state index is 11.7. The van der Waals surface area contributed by atoms with Crippen molar-refractivity contribution in [1.29, 1.82) is 0 Å². The lowest BCUT2D eigenvalue weighted by Gasteiger charge is -2.19. The van der Waals surface area contributed by atoms with Gasteiger partial charge in [-0.05, 0) is 61.6 Å². The third-order valence-corrected chi connectivity index (χ3v) is 2.74. The van der Waals surface area contributed by atoms with Gasteiger partial charge in [0.25, 0.3) is 5.91 Å². The van der Waals surface area contributed by atoms with Crippen molar-refractivity contribution >= 4 is 40.3 Å². The van der Waals surface area contributed by atoms with Gasteiger partial charge < -0.3 is 5.32 Å². The highest BCUT2D eigenvalue weighted by Gasteiger charge is 2.20. The molecule has 1 rings (SSSR count). The number of carbonyl (C=O) groups is 3. The van der Waals surface area contributed by atoms with E-state index in [1.165, 1.54) is 0 Å².